The van der Waals surface area contributed by atoms with Gasteiger partial charge < -0.3 is 14.6 Å². The predicted molar refractivity (Wildman–Crippen MR) is 101 cm³/mol. The number of nitrogens with one attached hydrogen (secondary N) is 1. The fourth-order valence-corrected chi connectivity index (χ4v) is 2.93. The molecule has 0 aliphatic rings. The summed E-state index contributed by atoms with van der Waals surface area (Å²) in [7, 11) is 1.84. The molecule has 0 fully saturated rings. The number of esters is 1. The zero-order chi connectivity index (χ0) is 18.8. The van der Waals surface area contributed by atoms with Gasteiger partial charge in [0.05, 0.1) is 15.6 Å². The summed E-state index contributed by atoms with van der Waals surface area (Å²) in [5.74, 6) is -0.982. The number of fused-ring (bicyclic) bond motifs is 1. The predicted octanol–water partition coefficient (Wildman–Crippen LogP) is 4.06. The number of amides is 1. The number of para-hydroxylation sites is 1. The van der Waals surface area contributed by atoms with E-state index in [4.69, 9.17) is 27.9 Å². The number of benzene rings is 1. The van der Waals surface area contributed by atoms with Gasteiger partial charge in [-0.05, 0) is 19.1 Å². The van der Waals surface area contributed by atoms with Crippen LogP contribution in [0.1, 0.15) is 17.3 Å². The number of carbonyl (C=O) groups excluding carboxylic acids is 2. The maximum absolute atomic E-state index is 12.5. The fourth-order valence-electron chi connectivity index (χ4n) is 2.51. The minimum absolute atomic E-state index is 0.147. The van der Waals surface area contributed by atoms with Gasteiger partial charge in [-0.25, -0.2) is 9.78 Å². The average Bonchev–Trinajstić information content (AvgIpc) is 2.94. The summed E-state index contributed by atoms with van der Waals surface area (Å²) in [6.45, 7) is 1.47. The summed E-state index contributed by atoms with van der Waals surface area (Å²) in [6.07, 6.45) is 2.00. The van der Waals surface area contributed by atoms with E-state index < -0.39 is 18.0 Å². The van der Waals surface area contributed by atoms with Crippen molar-refractivity contribution in [3.63, 3.8) is 0 Å². The van der Waals surface area contributed by atoms with Gasteiger partial charge in [-0.15, -0.1) is 0 Å². The lowest BCUT2D eigenvalue weighted by molar-refractivity contribution is -0.123. The highest BCUT2D eigenvalue weighted by Gasteiger charge is 2.22. The summed E-state index contributed by atoms with van der Waals surface area (Å²) in [6, 6.07) is 8.91. The summed E-state index contributed by atoms with van der Waals surface area (Å²) in [5.41, 5.74) is 1.29. The van der Waals surface area contributed by atoms with E-state index in [1.807, 2.05) is 35.9 Å². The Morgan fingerprint density at radius 1 is 1.27 bits per heavy atom. The van der Waals surface area contributed by atoms with Gasteiger partial charge in [0.2, 0.25) is 0 Å². The van der Waals surface area contributed by atoms with E-state index >= 15 is 0 Å². The molecule has 2 heterocycles. The Balaban J connectivity index is 1.73. The van der Waals surface area contributed by atoms with Gasteiger partial charge in [0.15, 0.2) is 11.9 Å². The molecule has 8 heteroatoms. The Labute approximate surface area is 159 Å². The molecule has 0 radical (unpaired) electrons. The average molecular weight is 392 g/mol. The number of anilines is 1. The van der Waals surface area contributed by atoms with Crippen LogP contribution in [-0.4, -0.2) is 27.5 Å². The third-order valence-corrected chi connectivity index (χ3v) is 4.31. The van der Waals surface area contributed by atoms with Crippen molar-refractivity contribution >= 4 is 51.8 Å². The maximum atomic E-state index is 12.5. The Kier molecular flexibility index (Phi) is 5.15. The smallest absolute Gasteiger partial charge is 0.341 e. The number of hydrogen-bond donors (Lipinski definition) is 1. The van der Waals surface area contributed by atoms with E-state index in [-0.39, 0.29) is 10.8 Å². The number of pyridine rings is 1. The van der Waals surface area contributed by atoms with Crippen LogP contribution in [0.5, 0.6) is 0 Å². The van der Waals surface area contributed by atoms with E-state index in [0.29, 0.717) is 10.6 Å². The van der Waals surface area contributed by atoms with Crippen molar-refractivity contribution in [3.8, 4) is 0 Å². The summed E-state index contributed by atoms with van der Waals surface area (Å²) in [4.78, 5) is 28.7. The Morgan fingerprint density at radius 2 is 2.00 bits per heavy atom. The molecule has 0 spiro atoms. The molecule has 0 aliphatic carbocycles. The Bertz CT molecular complexity index is 1000. The normalized spacial score (nSPS) is 12.0. The lowest BCUT2D eigenvalue weighted by Gasteiger charge is -2.13. The van der Waals surface area contributed by atoms with Crippen molar-refractivity contribution in [2.75, 3.05) is 5.32 Å². The molecule has 0 aliphatic heterocycles. The quantitative estimate of drug-likeness (QED) is 0.680. The standard InChI is InChI=1S/C18H15Cl2N3O3/c1-10(17(24)22-16-14(20)7-11(19)8-21-16)26-18(25)13-9-23(2)15-6-4-3-5-12(13)15/h3-10H,1-2H3,(H,21,22,24)/t10-/m0/s1. The van der Waals surface area contributed by atoms with E-state index in [2.05, 4.69) is 10.3 Å². The molecule has 0 unspecified atom stereocenters. The number of hydrogen-bond acceptors (Lipinski definition) is 4. The van der Waals surface area contributed by atoms with Crippen LogP contribution in [0.3, 0.4) is 0 Å². The summed E-state index contributed by atoms with van der Waals surface area (Å²) in [5, 5.41) is 3.82. The molecule has 1 aromatic carbocycles. The molecule has 2 aromatic heterocycles. The first-order valence-electron chi connectivity index (χ1n) is 7.73. The summed E-state index contributed by atoms with van der Waals surface area (Å²) >= 11 is 11.7. The molecule has 26 heavy (non-hydrogen) atoms. The fraction of sp³-hybridized carbons (Fsp3) is 0.167. The molecule has 0 saturated carbocycles. The van der Waals surface area contributed by atoms with Gasteiger partial charge in [-0.2, -0.15) is 0 Å². The van der Waals surface area contributed by atoms with Gasteiger partial charge in [-0.1, -0.05) is 41.4 Å². The molecular weight excluding hydrogens is 377 g/mol. The van der Waals surface area contributed by atoms with E-state index in [1.165, 1.54) is 19.2 Å². The number of halogens is 2. The highest BCUT2D eigenvalue weighted by molar-refractivity contribution is 6.36. The third-order valence-electron chi connectivity index (χ3n) is 3.82. The highest BCUT2D eigenvalue weighted by atomic mass is 35.5. The second-order valence-corrected chi connectivity index (χ2v) is 6.54. The maximum Gasteiger partial charge on any atom is 0.341 e. The first kappa shape index (κ1) is 18.2. The number of rotatable bonds is 4. The first-order chi connectivity index (χ1) is 12.4. The number of carbonyl (C=O) groups is 2. The van der Waals surface area contributed by atoms with Crippen molar-refractivity contribution in [3.05, 3.63) is 58.3 Å². The largest absolute Gasteiger partial charge is 0.449 e. The zero-order valence-corrected chi connectivity index (χ0v) is 15.5. The Morgan fingerprint density at radius 3 is 2.73 bits per heavy atom. The zero-order valence-electron chi connectivity index (χ0n) is 14.0. The highest BCUT2D eigenvalue weighted by Crippen LogP contribution is 2.24. The van der Waals surface area contributed by atoms with Crippen LogP contribution in [0.25, 0.3) is 10.9 Å². The SMILES string of the molecule is C[C@H](OC(=O)c1cn(C)c2ccccc12)C(=O)Nc1ncc(Cl)cc1Cl. The van der Waals surface area contributed by atoms with E-state index in [1.54, 1.807) is 6.20 Å². The van der Waals surface area contributed by atoms with Crippen molar-refractivity contribution in [1.82, 2.24) is 9.55 Å². The monoisotopic (exact) mass is 391 g/mol. The van der Waals surface area contributed by atoms with Crippen LogP contribution in [0, 0.1) is 0 Å². The topological polar surface area (TPSA) is 73.2 Å². The number of aromatic nitrogens is 2. The lowest BCUT2D eigenvalue weighted by Crippen LogP contribution is -2.30. The van der Waals surface area contributed by atoms with Crippen LogP contribution in [-0.2, 0) is 16.6 Å². The Hall–Kier alpha value is -2.57. The second kappa shape index (κ2) is 7.35. The molecule has 3 aromatic rings. The molecule has 0 bridgehead atoms. The van der Waals surface area contributed by atoms with Crippen LogP contribution in [0.2, 0.25) is 10.0 Å². The molecular formula is C18H15Cl2N3O3. The van der Waals surface area contributed by atoms with Crippen LogP contribution < -0.4 is 5.32 Å². The van der Waals surface area contributed by atoms with Gasteiger partial charge >= 0.3 is 5.97 Å². The van der Waals surface area contributed by atoms with E-state index in [9.17, 15) is 9.59 Å². The molecule has 6 nitrogen and oxygen atoms in total. The summed E-state index contributed by atoms with van der Waals surface area (Å²) < 4.78 is 7.12. The molecule has 0 saturated heterocycles. The van der Waals surface area contributed by atoms with Crippen LogP contribution >= 0.6 is 23.2 Å². The number of nitrogens with zero attached hydrogens (tertiary/aromatic N) is 2. The third kappa shape index (κ3) is 3.66. The van der Waals surface area contributed by atoms with Gasteiger partial charge in [0, 0.05) is 30.3 Å². The molecule has 1 N–H and O–H groups in total. The van der Waals surface area contributed by atoms with Crippen molar-refractivity contribution < 1.29 is 14.3 Å². The number of ether oxygens (including phenoxy) is 1. The van der Waals surface area contributed by atoms with Crippen LogP contribution in [0.4, 0.5) is 5.82 Å². The van der Waals surface area contributed by atoms with Crippen molar-refractivity contribution in [2.45, 2.75) is 13.0 Å². The lowest BCUT2D eigenvalue weighted by atomic mass is 10.2. The van der Waals surface area contributed by atoms with Gasteiger partial charge in [0.1, 0.15) is 0 Å². The molecule has 134 valence electrons. The van der Waals surface area contributed by atoms with Crippen LogP contribution in [0.15, 0.2) is 42.7 Å². The molecule has 1 amide bonds. The number of aryl methyl sites for hydroxylation is 1. The van der Waals surface area contributed by atoms with Crippen molar-refractivity contribution in [2.24, 2.45) is 7.05 Å². The molecule has 3 rings (SSSR count). The molecule has 1 atom stereocenters. The van der Waals surface area contributed by atoms with Gasteiger partial charge in [0.25, 0.3) is 5.91 Å². The van der Waals surface area contributed by atoms with Crippen molar-refractivity contribution in [1.29, 1.82) is 0 Å². The minimum atomic E-state index is -1.03. The minimum Gasteiger partial charge on any atom is -0.449 e. The first-order valence-corrected chi connectivity index (χ1v) is 8.49. The van der Waals surface area contributed by atoms with Gasteiger partial charge in [-0.3, -0.25) is 4.79 Å². The van der Waals surface area contributed by atoms with E-state index in [0.717, 1.165) is 10.9 Å². The second-order valence-electron chi connectivity index (χ2n) is 5.69.